The number of benzene rings is 1. The van der Waals surface area contributed by atoms with Crippen LogP contribution < -0.4 is 0 Å². The number of hydrogen-bond acceptors (Lipinski definition) is 3. The van der Waals surface area contributed by atoms with E-state index in [1.54, 1.807) is 6.07 Å². The van der Waals surface area contributed by atoms with Gasteiger partial charge in [0.1, 0.15) is 0 Å². The number of rotatable bonds is 0. The van der Waals surface area contributed by atoms with E-state index in [2.05, 4.69) is 10.8 Å². The SMILES string of the molecule is C.O=C1OC(=O)c2cc[c-]cc21.[B].[W]. The van der Waals surface area contributed by atoms with Crippen molar-refractivity contribution in [2.75, 3.05) is 0 Å². The fourth-order valence-corrected chi connectivity index (χ4v) is 0.971. The molecule has 1 aromatic carbocycles. The Morgan fingerprint density at radius 3 is 2.29 bits per heavy atom. The Labute approximate surface area is 98.7 Å². The van der Waals surface area contributed by atoms with Crippen molar-refractivity contribution in [1.82, 2.24) is 0 Å². The molecule has 0 bridgehead atoms. The Morgan fingerprint density at radius 1 is 1.14 bits per heavy atom. The molecule has 0 N–H and O–H groups in total. The van der Waals surface area contributed by atoms with Gasteiger partial charge in [-0.25, -0.2) is 4.79 Å². The maximum absolute atomic E-state index is 10.8. The van der Waals surface area contributed by atoms with Crippen LogP contribution in [-0.4, -0.2) is 20.4 Å². The monoisotopic (exact) mass is 358 g/mol. The Morgan fingerprint density at radius 2 is 1.71 bits per heavy atom. The van der Waals surface area contributed by atoms with Crippen molar-refractivity contribution in [2.45, 2.75) is 7.43 Å². The van der Waals surface area contributed by atoms with Crippen molar-refractivity contribution in [1.29, 1.82) is 0 Å². The van der Waals surface area contributed by atoms with Crippen molar-refractivity contribution in [3.8, 4) is 0 Å². The number of fused-ring (bicyclic) bond motifs is 1. The van der Waals surface area contributed by atoms with Gasteiger partial charge in [0.05, 0.1) is 0 Å². The van der Waals surface area contributed by atoms with Crippen molar-refractivity contribution < 1.29 is 35.4 Å². The average Bonchev–Trinajstić information content (AvgIpc) is 2.30. The molecule has 1 aromatic rings. The molecule has 3 radical (unpaired) electrons. The molecule has 0 spiro atoms. The second-order valence-electron chi connectivity index (χ2n) is 2.15. The molecule has 71 valence electrons. The van der Waals surface area contributed by atoms with Gasteiger partial charge in [-0.05, 0) is 11.1 Å². The molecular formula is C9H7BO3W-. The van der Waals surface area contributed by atoms with E-state index >= 15 is 0 Å². The van der Waals surface area contributed by atoms with Crippen LogP contribution in [0.5, 0.6) is 0 Å². The van der Waals surface area contributed by atoms with E-state index in [1.165, 1.54) is 12.1 Å². The first-order chi connectivity index (χ1) is 5.29. The summed E-state index contributed by atoms with van der Waals surface area (Å²) in [5.74, 6) is -1.15. The van der Waals surface area contributed by atoms with Gasteiger partial charge in [0.25, 0.3) is 5.97 Å². The quantitative estimate of drug-likeness (QED) is 0.302. The maximum atomic E-state index is 10.8. The number of cyclic esters (lactones) is 2. The zero-order chi connectivity index (χ0) is 7.84. The van der Waals surface area contributed by atoms with E-state index in [1.807, 2.05) is 0 Å². The second-order valence-corrected chi connectivity index (χ2v) is 2.15. The number of ether oxygens (including phenoxy) is 1. The molecule has 0 aromatic heterocycles. The molecule has 0 atom stereocenters. The predicted octanol–water partition coefficient (Wildman–Crippen LogP) is 1.05. The molecule has 1 heterocycles. The molecule has 0 aliphatic carbocycles. The Bertz CT molecular complexity index is 319. The van der Waals surface area contributed by atoms with Crippen LogP contribution in [0.3, 0.4) is 0 Å². The van der Waals surface area contributed by atoms with Crippen molar-refractivity contribution in [3.05, 3.63) is 35.4 Å². The molecule has 14 heavy (non-hydrogen) atoms. The topological polar surface area (TPSA) is 43.4 Å². The van der Waals surface area contributed by atoms with Gasteiger partial charge in [0.15, 0.2) is 0 Å². The molecule has 0 fully saturated rings. The minimum Gasteiger partial charge on any atom is -0.397 e. The van der Waals surface area contributed by atoms with Gasteiger partial charge in [-0.15, -0.1) is 0 Å². The molecular weight excluding hydrogens is 351 g/mol. The fourth-order valence-electron chi connectivity index (χ4n) is 0.971. The molecule has 0 unspecified atom stereocenters. The summed E-state index contributed by atoms with van der Waals surface area (Å²) in [6, 6.07) is 7.22. The molecule has 0 amide bonds. The van der Waals surface area contributed by atoms with Gasteiger partial charge in [0.2, 0.25) is 0 Å². The standard InChI is InChI=1S/C8H3O3.CH4.B.W/c9-7-5-3-1-2-4-6(5)8(10)11-7;;;/h1,3-4H;1H4;;/q-1;;;. The Hall–Kier alpha value is -0.887. The van der Waals surface area contributed by atoms with E-state index in [4.69, 9.17) is 0 Å². The summed E-state index contributed by atoms with van der Waals surface area (Å²) < 4.78 is 4.33. The molecule has 0 saturated heterocycles. The molecule has 1 aliphatic rings. The van der Waals surface area contributed by atoms with Gasteiger partial charge in [0, 0.05) is 29.5 Å². The van der Waals surface area contributed by atoms with Gasteiger partial charge in [-0.3, -0.25) is 4.79 Å². The first-order valence-corrected chi connectivity index (χ1v) is 3.05. The minimum atomic E-state index is -0.582. The summed E-state index contributed by atoms with van der Waals surface area (Å²) in [4.78, 5) is 21.6. The second kappa shape index (κ2) is 5.76. The molecule has 2 rings (SSSR count). The van der Waals surface area contributed by atoms with Crippen LogP contribution in [0.15, 0.2) is 18.2 Å². The van der Waals surface area contributed by atoms with Crippen LogP contribution in [0.2, 0.25) is 0 Å². The number of carbonyl (C=O) groups excluding carboxylic acids is 2. The number of carbonyl (C=O) groups is 2. The Kier molecular flexibility index (Phi) is 6.41. The number of hydrogen-bond donors (Lipinski definition) is 0. The molecule has 3 nitrogen and oxygen atoms in total. The third-order valence-electron chi connectivity index (χ3n) is 1.49. The summed E-state index contributed by atoms with van der Waals surface area (Å²) in [6.07, 6.45) is 0. The van der Waals surface area contributed by atoms with E-state index in [9.17, 15) is 9.59 Å². The van der Waals surface area contributed by atoms with Crippen molar-refractivity contribution in [3.63, 3.8) is 0 Å². The first kappa shape index (κ1) is 15.6. The van der Waals surface area contributed by atoms with E-state index < -0.39 is 11.9 Å². The van der Waals surface area contributed by atoms with Gasteiger partial charge < -0.3 is 4.74 Å². The normalized spacial score (nSPS) is 11.4. The minimum absolute atomic E-state index is 0. The van der Waals surface area contributed by atoms with Crippen LogP contribution in [-0.2, 0) is 25.8 Å². The van der Waals surface area contributed by atoms with E-state index in [0.717, 1.165) is 0 Å². The van der Waals surface area contributed by atoms with Crippen LogP contribution in [0.25, 0.3) is 0 Å². The predicted molar refractivity (Wildman–Crippen MR) is 47.5 cm³/mol. The number of esters is 2. The van der Waals surface area contributed by atoms with Crippen molar-refractivity contribution >= 4 is 20.4 Å². The molecule has 0 saturated carbocycles. The van der Waals surface area contributed by atoms with Gasteiger partial charge in [-0.2, -0.15) is 24.3 Å². The Balaban J connectivity index is 0. The summed E-state index contributed by atoms with van der Waals surface area (Å²) >= 11 is 0. The van der Waals surface area contributed by atoms with Crippen LogP contribution in [0.4, 0.5) is 0 Å². The molecule has 1 aliphatic heterocycles. The zero-order valence-corrected chi connectivity index (χ0v) is 9.38. The zero-order valence-electron chi connectivity index (χ0n) is 6.44. The summed E-state index contributed by atoms with van der Waals surface area (Å²) in [7, 11) is 0. The van der Waals surface area contributed by atoms with Crippen molar-refractivity contribution in [2.24, 2.45) is 0 Å². The van der Waals surface area contributed by atoms with E-state index in [0.29, 0.717) is 11.1 Å². The van der Waals surface area contributed by atoms with Crippen LogP contribution in [0.1, 0.15) is 28.1 Å². The van der Waals surface area contributed by atoms with E-state index in [-0.39, 0.29) is 36.9 Å². The first-order valence-electron chi connectivity index (χ1n) is 3.05. The largest absolute Gasteiger partial charge is 0.397 e. The van der Waals surface area contributed by atoms with Crippen LogP contribution >= 0.6 is 0 Å². The average molecular weight is 358 g/mol. The summed E-state index contributed by atoms with van der Waals surface area (Å²) in [6.45, 7) is 0. The summed E-state index contributed by atoms with van der Waals surface area (Å²) in [5.41, 5.74) is 0.631. The molecule has 5 heteroatoms. The maximum Gasteiger partial charge on any atom is 0.321 e. The smallest absolute Gasteiger partial charge is 0.321 e. The summed E-state index contributed by atoms with van der Waals surface area (Å²) in [5, 5.41) is 0. The van der Waals surface area contributed by atoms with Gasteiger partial charge >= 0.3 is 5.97 Å². The third-order valence-corrected chi connectivity index (χ3v) is 1.49. The van der Waals surface area contributed by atoms with Crippen LogP contribution in [0, 0.1) is 6.07 Å². The van der Waals surface area contributed by atoms with Gasteiger partial charge in [-0.1, -0.05) is 7.43 Å². The fraction of sp³-hybridized carbons (Fsp3) is 0.111. The third kappa shape index (κ3) is 2.32.